The van der Waals surface area contributed by atoms with E-state index in [1.54, 1.807) is 0 Å². The third kappa shape index (κ3) is 21.0. The minimum Gasteiger partial charge on any atom is -0.459 e. The molecule has 786 valence electrons. The van der Waals surface area contributed by atoms with E-state index >= 15 is 0 Å². The standard InChI is InChI=1S/C20H32O2.C19H30O2.C18H30O2.C18H32O2.C17H28O2.C17H30O2.12CH4/c1-5-19(3,4)18(21)22-20(6-2)11-14-10-15(20)17-13-8-7-12(9-13)16(14)17;1-5-18(2,3)17(20)21-19(4)10-13-9-14(19)16-12-7-6-11(8-12)15(13)16;1-5-17(3,4)16(19)20-18(6-2)11-12-10-15(18)14-9-7-8-13(12)14;1-8-15(3,4)14(19)20-18(9-2)12-13-10-11-17(18,7)16(13,5)6;1-5-16(2,3)15(18)19-17(4)10-11-9-14(17)13-8-6-7-12(11)13;1-8-14(2,3)13(18)19-17(7)11-12-9-10-16(17,6)15(12,4)5;;;;;;;;;;;;/h12-17H,5-11H2,1-4H3;11-16H,5-10H2,1-4H3;12-15H,5-11H2,1-4H3;13H,8-12H2,1-7H3;11-14H,5-10H2,1-4H3;12H,8-11H2,1-7H3;12*1H4. The SMILES string of the molecule is C.C.C.C.C.C.C.C.C.C.C.C.CCC(C)(C)C(=O)OC1(C)CC2CC1C1C3CCC(C3)C21.CCC(C)(C)C(=O)OC1(C)CC2CC1C1CCCC21.CCC(C)(C)C(=O)OC1(C)CC2CCC1(C)C2(C)C.CCC(C)(C)C(=O)OC1(CC)CC2CC1C1C3CCC(C3)C21.CCC(C)(C)C(=O)OC1(CC)CC2CC1C1CCCC21.CCC(C)(C)C(=O)OC1(CC)CC2CCC1(C)C2(C)C. The second-order valence-corrected chi connectivity index (χ2v) is 51.5. The van der Waals surface area contributed by atoms with E-state index in [9.17, 15) is 28.8 Å². The van der Waals surface area contributed by atoms with Gasteiger partial charge >= 0.3 is 35.8 Å². The van der Waals surface area contributed by atoms with Crippen molar-refractivity contribution in [3.05, 3.63) is 0 Å². The summed E-state index contributed by atoms with van der Waals surface area (Å²) in [6, 6.07) is 0. The maximum Gasteiger partial charge on any atom is 0.312 e. The Hall–Kier alpha value is -3.18. The van der Waals surface area contributed by atoms with Crippen molar-refractivity contribution in [2.24, 2.45) is 184 Å². The van der Waals surface area contributed by atoms with Gasteiger partial charge in [0.15, 0.2) is 0 Å². The van der Waals surface area contributed by atoms with Crippen LogP contribution in [-0.4, -0.2) is 69.4 Å². The second kappa shape index (κ2) is 44.4. The van der Waals surface area contributed by atoms with Crippen molar-refractivity contribution < 1.29 is 57.2 Å². The van der Waals surface area contributed by atoms with Crippen molar-refractivity contribution in [3.63, 3.8) is 0 Å². The molecule has 0 spiro atoms. The highest BCUT2D eigenvalue weighted by atomic mass is 16.6. The van der Waals surface area contributed by atoms with Gasteiger partial charge in [-0.15, -0.1) is 0 Å². The minimum atomic E-state index is -0.371. The zero-order valence-electron chi connectivity index (χ0n) is 83.3. The number of rotatable bonds is 21. The Morgan fingerprint density at radius 3 is 0.925 bits per heavy atom. The third-order valence-electron chi connectivity index (χ3n) is 43.8. The van der Waals surface area contributed by atoms with Crippen molar-refractivity contribution in [1.29, 1.82) is 0 Å². The molecule has 18 fully saturated rings. The molecule has 0 N–H and O–H groups in total. The summed E-state index contributed by atoms with van der Waals surface area (Å²) in [5.74, 6) is 18.7. The first-order valence-corrected chi connectivity index (χ1v) is 51.5. The highest BCUT2D eigenvalue weighted by Crippen LogP contribution is 2.76. The van der Waals surface area contributed by atoms with Gasteiger partial charge in [0.1, 0.15) is 33.6 Å². The predicted molar refractivity (Wildman–Crippen MR) is 567 cm³/mol. The number of ether oxygens (including phenoxy) is 6. The summed E-state index contributed by atoms with van der Waals surface area (Å²) < 4.78 is 37.1. The fourth-order valence-electron chi connectivity index (χ4n) is 32.4. The summed E-state index contributed by atoms with van der Waals surface area (Å²) in [4.78, 5) is 75.3. The average Bonchev–Trinajstić information content (AvgIpc) is 1.53. The van der Waals surface area contributed by atoms with Gasteiger partial charge in [-0.3, -0.25) is 28.8 Å². The normalized spacial score (nSPS) is 40.5. The van der Waals surface area contributed by atoms with E-state index in [4.69, 9.17) is 28.4 Å². The summed E-state index contributed by atoms with van der Waals surface area (Å²) in [6.07, 6.45) is 42.1. The van der Waals surface area contributed by atoms with Crippen LogP contribution in [0, 0.1) is 184 Å². The van der Waals surface area contributed by atoms with Crippen LogP contribution in [-0.2, 0) is 57.2 Å². The molecule has 30 unspecified atom stereocenters. The van der Waals surface area contributed by atoms with E-state index in [0.29, 0.717) is 35.5 Å². The zero-order valence-corrected chi connectivity index (χ0v) is 83.3. The molecule has 18 aliphatic rings. The molecule has 18 aliphatic carbocycles. The van der Waals surface area contributed by atoms with Crippen LogP contribution in [0.2, 0.25) is 0 Å². The fourth-order valence-corrected chi connectivity index (χ4v) is 32.4. The van der Waals surface area contributed by atoms with Crippen molar-refractivity contribution in [2.75, 3.05) is 0 Å². The van der Waals surface area contributed by atoms with E-state index in [-0.39, 0.29) is 213 Å². The highest BCUT2D eigenvalue weighted by Gasteiger charge is 2.74. The molecule has 0 aliphatic heterocycles. The molecular weight excluding hydrogens is 1650 g/mol. The summed E-state index contributed by atoms with van der Waals surface area (Å²) in [6.45, 7) is 64.0. The Kier molecular flexibility index (Phi) is 42.6. The van der Waals surface area contributed by atoms with Crippen LogP contribution in [0.1, 0.15) is 522 Å². The van der Waals surface area contributed by atoms with Gasteiger partial charge in [0.25, 0.3) is 0 Å². The van der Waals surface area contributed by atoms with Crippen molar-refractivity contribution >= 4 is 35.8 Å². The maximum absolute atomic E-state index is 12.7. The van der Waals surface area contributed by atoms with Crippen LogP contribution >= 0.6 is 0 Å². The van der Waals surface area contributed by atoms with Crippen LogP contribution in [0.3, 0.4) is 0 Å². The Bertz CT molecular complexity index is 3780. The topological polar surface area (TPSA) is 158 Å². The van der Waals surface area contributed by atoms with Crippen molar-refractivity contribution in [2.45, 2.75) is 555 Å². The Morgan fingerprint density at radius 2 is 0.556 bits per heavy atom. The molecule has 18 rings (SSSR count). The lowest BCUT2D eigenvalue weighted by Crippen LogP contribution is -2.51. The number of fused-ring (bicyclic) bond motifs is 32. The average molecular weight is 1880 g/mol. The van der Waals surface area contributed by atoms with Gasteiger partial charge in [-0.1, -0.05) is 206 Å². The molecule has 0 heterocycles. The van der Waals surface area contributed by atoms with E-state index < -0.39 is 0 Å². The fraction of sp³-hybridized carbons (Fsp3) is 0.950. The van der Waals surface area contributed by atoms with Crippen LogP contribution < -0.4 is 0 Å². The molecule has 12 heteroatoms. The molecule has 0 aromatic carbocycles. The lowest BCUT2D eigenvalue weighted by atomic mass is 9.63. The number of hydrogen-bond donors (Lipinski definition) is 0. The van der Waals surface area contributed by atoms with E-state index in [1.165, 1.54) is 128 Å². The number of carbonyl (C=O) groups excluding carboxylic acids is 6. The first-order chi connectivity index (χ1) is 56.1. The van der Waals surface area contributed by atoms with E-state index in [0.717, 1.165) is 191 Å². The molecule has 18 saturated carbocycles. The zero-order chi connectivity index (χ0) is 89.2. The van der Waals surface area contributed by atoms with Gasteiger partial charge in [0, 0.05) is 34.5 Å². The van der Waals surface area contributed by atoms with Crippen LogP contribution in [0.4, 0.5) is 0 Å². The van der Waals surface area contributed by atoms with Gasteiger partial charge in [-0.2, -0.15) is 0 Å². The summed E-state index contributed by atoms with van der Waals surface area (Å²) in [5.41, 5.74) is -2.40. The Morgan fingerprint density at radius 1 is 0.263 bits per heavy atom. The lowest BCUT2D eigenvalue weighted by molar-refractivity contribution is -0.190. The minimum absolute atomic E-state index is 0. The largest absolute Gasteiger partial charge is 0.459 e. The number of hydrogen-bond acceptors (Lipinski definition) is 12. The third-order valence-corrected chi connectivity index (χ3v) is 43.8. The predicted octanol–water partition coefficient (Wildman–Crippen LogP) is 35.2. The summed E-state index contributed by atoms with van der Waals surface area (Å²) in [7, 11) is 0. The smallest absolute Gasteiger partial charge is 0.312 e. The van der Waals surface area contributed by atoms with Crippen LogP contribution in [0.25, 0.3) is 0 Å². The van der Waals surface area contributed by atoms with Gasteiger partial charge < -0.3 is 28.4 Å². The summed E-state index contributed by atoms with van der Waals surface area (Å²) in [5, 5.41) is 0. The molecule has 0 amide bonds. The van der Waals surface area contributed by atoms with Crippen molar-refractivity contribution in [3.8, 4) is 0 Å². The molecule has 12 nitrogen and oxygen atoms in total. The first kappa shape index (κ1) is 128. The van der Waals surface area contributed by atoms with Crippen LogP contribution in [0.5, 0.6) is 0 Å². The maximum atomic E-state index is 12.7. The molecule has 0 aromatic rings. The van der Waals surface area contributed by atoms with E-state index in [2.05, 4.69) is 125 Å². The van der Waals surface area contributed by atoms with E-state index in [1.807, 2.05) is 83.1 Å². The Labute approximate surface area is 827 Å². The lowest BCUT2D eigenvalue weighted by Gasteiger charge is -2.48. The number of carbonyl (C=O) groups is 6. The molecule has 0 aromatic heterocycles. The Balaban J connectivity index is 0.000000784. The molecule has 16 bridgehead atoms. The van der Waals surface area contributed by atoms with Gasteiger partial charge in [0.05, 0.1) is 32.5 Å². The van der Waals surface area contributed by atoms with Gasteiger partial charge in [-0.25, -0.2) is 0 Å². The number of esters is 6. The van der Waals surface area contributed by atoms with Crippen LogP contribution in [0.15, 0.2) is 0 Å². The summed E-state index contributed by atoms with van der Waals surface area (Å²) >= 11 is 0. The quantitative estimate of drug-likeness (QED) is 0.0609. The van der Waals surface area contributed by atoms with Gasteiger partial charge in [0.2, 0.25) is 0 Å². The molecule has 30 atom stereocenters. The monoisotopic (exact) mass is 1880 g/mol. The first-order valence-electron chi connectivity index (χ1n) is 51.5. The molecule has 0 saturated heterocycles. The van der Waals surface area contributed by atoms with Gasteiger partial charge in [-0.05, 0) is 433 Å². The molecule has 133 heavy (non-hydrogen) atoms. The highest BCUT2D eigenvalue weighted by molar-refractivity contribution is 5.79. The second-order valence-electron chi connectivity index (χ2n) is 51.5. The molecular formula is C121H230O12. The molecule has 0 radical (unpaired) electrons. The van der Waals surface area contributed by atoms with Crippen molar-refractivity contribution in [1.82, 2.24) is 0 Å².